The summed E-state index contributed by atoms with van der Waals surface area (Å²) in [4.78, 5) is 29.0. The number of hydrogen-bond donors (Lipinski definition) is 3. The Bertz CT molecular complexity index is 1260. The minimum atomic E-state index is -3.09. The molecule has 31 heavy (non-hydrogen) atoms. The number of carboxylic acids is 1. The SMILES string of the molecule is CC1Cc2sc(-c3c(C4CC4)cc4c(=O)c(C(=O)O)c[nH]c4c3OC(F)F)cc2CN1. The number of carboxylic acid groups (broad SMARTS) is 1. The molecule has 2 aromatic heterocycles. The van der Waals surface area contributed by atoms with E-state index in [1.165, 1.54) is 4.88 Å². The quantitative estimate of drug-likeness (QED) is 0.538. The lowest BCUT2D eigenvalue weighted by molar-refractivity contribution is -0.0485. The molecular formula is C22H20F2N2O4S. The van der Waals surface area contributed by atoms with Gasteiger partial charge in [0, 0.05) is 34.1 Å². The molecule has 3 heterocycles. The van der Waals surface area contributed by atoms with Crippen LogP contribution in [-0.2, 0) is 13.0 Å². The maximum atomic E-state index is 13.5. The van der Waals surface area contributed by atoms with Crippen molar-refractivity contribution in [3.63, 3.8) is 0 Å². The molecule has 0 spiro atoms. The highest BCUT2D eigenvalue weighted by atomic mass is 32.1. The van der Waals surface area contributed by atoms with E-state index in [-0.39, 0.29) is 22.6 Å². The average molecular weight is 446 g/mol. The number of fused-ring (bicyclic) bond motifs is 2. The first-order valence-electron chi connectivity index (χ1n) is 10.1. The number of benzene rings is 1. The number of hydrogen-bond acceptors (Lipinski definition) is 5. The van der Waals surface area contributed by atoms with Crippen LogP contribution in [0.4, 0.5) is 8.78 Å². The number of aromatic amines is 1. The zero-order valence-electron chi connectivity index (χ0n) is 16.6. The van der Waals surface area contributed by atoms with Crippen molar-refractivity contribution in [3.05, 3.63) is 50.1 Å². The summed E-state index contributed by atoms with van der Waals surface area (Å²) in [5, 5.41) is 12.8. The van der Waals surface area contributed by atoms with E-state index in [0.29, 0.717) is 18.2 Å². The number of nitrogens with one attached hydrogen (secondary N) is 2. The molecule has 1 unspecified atom stereocenters. The number of alkyl halides is 2. The van der Waals surface area contributed by atoms with Crippen LogP contribution in [0.25, 0.3) is 21.3 Å². The van der Waals surface area contributed by atoms with Crippen molar-refractivity contribution in [2.45, 2.75) is 51.3 Å². The van der Waals surface area contributed by atoms with E-state index in [2.05, 4.69) is 17.2 Å². The molecule has 1 aliphatic heterocycles. The minimum absolute atomic E-state index is 0.0535. The first-order chi connectivity index (χ1) is 14.8. The highest BCUT2D eigenvalue weighted by molar-refractivity contribution is 7.15. The van der Waals surface area contributed by atoms with Crippen LogP contribution in [0.1, 0.15) is 52.0 Å². The number of pyridine rings is 1. The lowest BCUT2D eigenvalue weighted by Gasteiger charge is -2.19. The summed E-state index contributed by atoms with van der Waals surface area (Å²) in [5.74, 6) is -1.34. The second kappa shape index (κ2) is 7.42. The summed E-state index contributed by atoms with van der Waals surface area (Å²) in [6, 6.07) is 4.00. The molecule has 162 valence electrons. The van der Waals surface area contributed by atoms with Crippen molar-refractivity contribution >= 4 is 28.2 Å². The van der Waals surface area contributed by atoms with Gasteiger partial charge in [-0.1, -0.05) is 0 Å². The largest absolute Gasteiger partial charge is 0.477 e. The van der Waals surface area contributed by atoms with Crippen molar-refractivity contribution in [1.29, 1.82) is 0 Å². The van der Waals surface area contributed by atoms with E-state index >= 15 is 0 Å². The Kier molecular flexibility index (Phi) is 4.82. The zero-order valence-corrected chi connectivity index (χ0v) is 17.4. The van der Waals surface area contributed by atoms with Crippen LogP contribution < -0.4 is 15.5 Å². The fourth-order valence-corrected chi connectivity index (χ4v) is 5.61. The van der Waals surface area contributed by atoms with Gasteiger partial charge in [0.15, 0.2) is 5.75 Å². The fraction of sp³-hybridized carbons (Fsp3) is 0.364. The molecule has 3 N–H and O–H groups in total. The lowest BCUT2D eigenvalue weighted by Crippen LogP contribution is -2.31. The van der Waals surface area contributed by atoms with Crippen LogP contribution in [0.5, 0.6) is 5.75 Å². The van der Waals surface area contributed by atoms with Crippen LogP contribution >= 0.6 is 11.3 Å². The molecule has 5 rings (SSSR count). The van der Waals surface area contributed by atoms with E-state index in [1.807, 2.05) is 6.07 Å². The minimum Gasteiger partial charge on any atom is -0.477 e. The van der Waals surface area contributed by atoms with Gasteiger partial charge in [-0.25, -0.2) is 4.79 Å². The number of aromatic nitrogens is 1. The Morgan fingerprint density at radius 1 is 1.32 bits per heavy atom. The summed E-state index contributed by atoms with van der Waals surface area (Å²) in [6.07, 6.45) is 3.66. The highest BCUT2D eigenvalue weighted by Gasteiger charge is 2.33. The Labute approximate surface area is 179 Å². The molecule has 0 radical (unpaired) electrons. The highest BCUT2D eigenvalue weighted by Crippen LogP contribution is 2.51. The summed E-state index contributed by atoms with van der Waals surface area (Å²) in [5.41, 5.74) is 1.41. The number of rotatable bonds is 5. The average Bonchev–Trinajstić information content (AvgIpc) is 3.47. The van der Waals surface area contributed by atoms with Gasteiger partial charge in [-0.15, -0.1) is 11.3 Å². The van der Waals surface area contributed by atoms with Crippen molar-refractivity contribution in [1.82, 2.24) is 10.3 Å². The molecule has 0 amide bonds. The first kappa shape index (κ1) is 20.1. The Balaban J connectivity index is 1.81. The van der Waals surface area contributed by atoms with Crippen molar-refractivity contribution in [2.75, 3.05) is 0 Å². The second-order valence-corrected chi connectivity index (χ2v) is 9.26. The van der Waals surface area contributed by atoms with E-state index in [0.717, 1.165) is 41.5 Å². The molecule has 2 aliphatic rings. The Morgan fingerprint density at radius 2 is 2.10 bits per heavy atom. The maximum absolute atomic E-state index is 13.5. The van der Waals surface area contributed by atoms with Gasteiger partial charge in [0.1, 0.15) is 5.56 Å². The zero-order chi connectivity index (χ0) is 21.9. The molecule has 1 aromatic carbocycles. The molecule has 3 aromatic rings. The van der Waals surface area contributed by atoms with E-state index in [4.69, 9.17) is 4.74 Å². The van der Waals surface area contributed by atoms with Gasteiger partial charge in [0.2, 0.25) is 5.43 Å². The normalized spacial score (nSPS) is 18.4. The monoisotopic (exact) mass is 446 g/mol. The third-order valence-corrected chi connectivity index (χ3v) is 7.11. The van der Waals surface area contributed by atoms with Crippen molar-refractivity contribution in [2.24, 2.45) is 0 Å². The lowest BCUT2D eigenvalue weighted by atomic mass is 9.96. The number of halogens is 2. The number of H-pyrrole nitrogens is 1. The second-order valence-electron chi connectivity index (χ2n) is 8.13. The molecule has 1 saturated carbocycles. The van der Waals surface area contributed by atoms with Gasteiger partial charge in [-0.2, -0.15) is 8.78 Å². The molecule has 1 fully saturated rings. The molecule has 0 saturated heterocycles. The predicted molar refractivity (Wildman–Crippen MR) is 113 cm³/mol. The number of aromatic carboxylic acids is 1. The number of ether oxygens (including phenoxy) is 1. The Morgan fingerprint density at radius 3 is 2.77 bits per heavy atom. The topological polar surface area (TPSA) is 91.4 Å². The van der Waals surface area contributed by atoms with E-state index < -0.39 is 23.6 Å². The third kappa shape index (κ3) is 3.51. The van der Waals surface area contributed by atoms with Crippen LogP contribution in [0.2, 0.25) is 0 Å². The van der Waals surface area contributed by atoms with Gasteiger partial charge in [0.25, 0.3) is 0 Å². The Hall–Kier alpha value is -2.78. The van der Waals surface area contributed by atoms with Crippen LogP contribution in [0.15, 0.2) is 23.1 Å². The smallest absolute Gasteiger partial charge is 0.387 e. The number of thiophene rings is 1. The molecule has 0 bridgehead atoms. The van der Waals surface area contributed by atoms with E-state index in [9.17, 15) is 23.5 Å². The van der Waals surface area contributed by atoms with Gasteiger partial charge in [0.05, 0.1) is 10.9 Å². The van der Waals surface area contributed by atoms with Gasteiger partial charge in [-0.05, 0) is 55.4 Å². The van der Waals surface area contributed by atoms with Crippen LogP contribution in [-0.4, -0.2) is 28.7 Å². The van der Waals surface area contributed by atoms with Gasteiger partial charge >= 0.3 is 12.6 Å². The third-order valence-electron chi connectivity index (χ3n) is 5.89. The summed E-state index contributed by atoms with van der Waals surface area (Å²) < 4.78 is 31.9. The first-order valence-corrected chi connectivity index (χ1v) is 10.9. The molecular weight excluding hydrogens is 426 g/mol. The molecule has 6 nitrogen and oxygen atoms in total. The van der Waals surface area contributed by atoms with Crippen molar-refractivity contribution < 1.29 is 23.4 Å². The maximum Gasteiger partial charge on any atom is 0.387 e. The number of carbonyl (C=O) groups is 1. The van der Waals surface area contributed by atoms with Gasteiger partial charge < -0.3 is 20.1 Å². The summed E-state index contributed by atoms with van der Waals surface area (Å²) in [6.45, 7) is -0.275. The molecule has 1 atom stereocenters. The summed E-state index contributed by atoms with van der Waals surface area (Å²) in [7, 11) is 0. The van der Waals surface area contributed by atoms with Gasteiger partial charge in [-0.3, -0.25) is 4.79 Å². The van der Waals surface area contributed by atoms with Crippen LogP contribution in [0, 0.1) is 0 Å². The fourth-order valence-electron chi connectivity index (χ4n) is 4.24. The molecule has 1 aliphatic carbocycles. The molecule has 9 heteroatoms. The standard InChI is InChI=1S/C22H20F2N2O4S/c1-9-4-15-11(7-25-9)5-16(31-15)17-12(10-2-3-10)6-13-18(20(17)30-22(23)24)26-8-14(19(13)27)21(28)29/h5-6,8-10,22,25H,2-4,7H2,1H3,(H,26,27)(H,28,29). The van der Waals surface area contributed by atoms with Crippen molar-refractivity contribution in [3.8, 4) is 16.2 Å². The van der Waals surface area contributed by atoms with Crippen LogP contribution in [0.3, 0.4) is 0 Å². The van der Waals surface area contributed by atoms with E-state index in [1.54, 1.807) is 17.4 Å². The summed E-state index contributed by atoms with van der Waals surface area (Å²) >= 11 is 1.56. The predicted octanol–water partition coefficient (Wildman–Crippen LogP) is 4.47.